The summed E-state index contributed by atoms with van der Waals surface area (Å²) in [6.07, 6.45) is 4.49. The van der Waals surface area contributed by atoms with Crippen LogP contribution in [0.2, 0.25) is 0 Å². The van der Waals surface area contributed by atoms with Crippen LogP contribution < -0.4 is 19.1 Å². The van der Waals surface area contributed by atoms with E-state index in [4.69, 9.17) is 9.47 Å². The lowest BCUT2D eigenvalue weighted by Crippen LogP contribution is -2.46. The third-order valence-electron chi connectivity index (χ3n) is 6.64. The predicted molar refractivity (Wildman–Crippen MR) is 123 cm³/mol. The second kappa shape index (κ2) is 9.02. The van der Waals surface area contributed by atoms with Crippen LogP contribution in [-0.2, 0) is 14.8 Å². The van der Waals surface area contributed by atoms with Crippen molar-refractivity contribution in [2.24, 2.45) is 11.8 Å². The Hall–Kier alpha value is -2.74. The summed E-state index contributed by atoms with van der Waals surface area (Å²) < 4.78 is 39.2. The van der Waals surface area contributed by atoms with Crippen molar-refractivity contribution >= 4 is 21.6 Å². The van der Waals surface area contributed by atoms with E-state index in [9.17, 15) is 13.2 Å². The molecule has 0 saturated heterocycles. The van der Waals surface area contributed by atoms with Crippen molar-refractivity contribution < 1.29 is 22.7 Å². The second-order valence-corrected chi connectivity index (χ2v) is 10.6. The Balaban J connectivity index is 1.68. The number of anilines is 1. The van der Waals surface area contributed by atoms with Crippen molar-refractivity contribution in [3.63, 3.8) is 0 Å². The average Bonchev–Trinajstić information content (AvgIpc) is 3.40. The van der Waals surface area contributed by atoms with E-state index in [1.165, 1.54) is 20.6 Å². The average molecular weight is 459 g/mol. The molecule has 32 heavy (non-hydrogen) atoms. The molecule has 2 fully saturated rings. The molecule has 7 nitrogen and oxygen atoms in total. The van der Waals surface area contributed by atoms with Gasteiger partial charge in [-0.25, -0.2) is 8.42 Å². The van der Waals surface area contributed by atoms with E-state index >= 15 is 0 Å². The summed E-state index contributed by atoms with van der Waals surface area (Å²) in [5.74, 6) is 1.67. The van der Waals surface area contributed by atoms with Gasteiger partial charge in [-0.05, 0) is 62.3 Å². The summed E-state index contributed by atoms with van der Waals surface area (Å²) in [4.78, 5) is 13.2. The van der Waals surface area contributed by atoms with E-state index < -0.39 is 10.0 Å². The lowest BCUT2D eigenvalue weighted by Gasteiger charge is -2.28. The minimum Gasteiger partial charge on any atom is -0.497 e. The third-order valence-corrected chi connectivity index (χ3v) is 8.41. The molecular weight excluding hydrogens is 428 g/mol. The molecule has 2 saturated carbocycles. The highest BCUT2D eigenvalue weighted by molar-refractivity contribution is 7.92. The fourth-order valence-electron chi connectivity index (χ4n) is 4.93. The van der Waals surface area contributed by atoms with Gasteiger partial charge in [0.15, 0.2) is 0 Å². The Kier molecular flexibility index (Phi) is 6.33. The van der Waals surface area contributed by atoms with Crippen molar-refractivity contribution in [3.05, 3.63) is 48.0 Å². The standard InChI is InChI=1S/C24H30N2O5S/c1-16-4-9-20(10-5-16)32(28,29)26(22-14-19(30-2)8-11-23(22)31-3)15-24(27)25-21-13-17-6-7-18(21)12-17/h4-5,8-11,14,17-18,21H,6-7,12-13,15H2,1-3H3,(H,25,27)/t17-,18+,21-/m0/s1. The zero-order valence-corrected chi connectivity index (χ0v) is 19.5. The molecule has 0 radical (unpaired) electrons. The first-order valence-corrected chi connectivity index (χ1v) is 12.4. The summed E-state index contributed by atoms with van der Waals surface area (Å²) >= 11 is 0. The summed E-state index contributed by atoms with van der Waals surface area (Å²) in [5, 5.41) is 3.09. The van der Waals surface area contributed by atoms with Gasteiger partial charge in [0.1, 0.15) is 18.0 Å². The van der Waals surface area contributed by atoms with Crippen LogP contribution in [0.15, 0.2) is 47.4 Å². The highest BCUT2D eigenvalue weighted by Crippen LogP contribution is 2.44. The van der Waals surface area contributed by atoms with E-state index in [0.29, 0.717) is 23.3 Å². The number of carbonyl (C=O) groups is 1. The Morgan fingerprint density at radius 1 is 1.06 bits per heavy atom. The second-order valence-electron chi connectivity index (χ2n) is 8.71. The number of sulfonamides is 1. The van der Waals surface area contributed by atoms with Crippen LogP contribution in [0.4, 0.5) is 5.69 Å². The fraction of sp³-hybridized carbons (Fsp3) is 0.458. The first kappa shape index (κ1) is 22.5. The number of nitrogens with zero attached hydrogens (tertiary/aromatic N) is 1. The SMILES string of the molecule is COc1ccc(OC)c(N(CC(=O)N[C@H]2C[C@H]3CC[C@@H]2C3)S(=O)(=O)c2ccc(C)cc2)c1. The quantitative estimate of drug-likeness (QED) is 0.654. The number of fused-ring (bicyclic) bond motifs is 2. The number of hydrogen-bond acceptors (Lipinski definition) is 5. The van der Waals surface area contributed by atoms with Crippen LogP contribution in [0.1, 0.15) is 31.2 Å². The molecule has 2 aromatic carbocycles. The smallest absolute Gasteiger partial charge is 0.264 e. The van der Waals surface area contributed by atoms with E-state index in [2.05, 4.69) is 5.32 Å². The van der Waals surface area contributed by atoms with E-state index in [-0.39, 0.29) is 29.1 Å². The minimum absolute atomic E-state index is 0.112. The molecule has 3 atom stereocenters. The largest absolute Gasteiger partial charge is 0.497 e. The van der Waals surface area contributed by atoms with Crippen molar-refractivity contribution in [1.29, 1.82) is 0 Å². The molecule has 1 amide bonds. The summed E-state index contributed by atoms with van der Waals surface area (Å²) in [7, 11) is -1.05. The molecule has 1 N–H and O–H groups in total. The van der Waals surface area contributed by atoms with Gasteiger partial charge in [-0.2, -0.15) is 0 Å². The number of methoxy groups -OCH3 is 2. The summed E-state index contributed by atoms with van der Waals surface area (Å²) in [6.45, 7) is 1.55. The molecule has 172 valence electrons. The van der Waals surface area contributed by atoms with Crippen LogP contribution in [0.25, 0.3) is 0 Å². The highest BCUT2D eigenvalue weighted by atomic mass is 32.2. The molecule has 2 aromatic rings. The molecule has 0 unspecified atom stereocenters. The number of hydrogen-bond donors (Lipinski definition) is 1. The van der Waals surface area contributed by atoms with Gasteiger partial charge >= 0.3 is 0 Å². The van der Waals surface area contributed by atoms with Crippen LogP contribution in [0.5, 0.6) is 11.5 Å². The Labute approximate surface area is 189 Å². The molecule has 8 heteroatoms. The molecule has 2 aliphatic carbocycles. The van der Waals surface area contributed by atoms with Gasteiger partial charge in [-0.15, -0.1) is 0 Å². The number of ether oxygens (including phenoxy) is 2. The van der Waals surface area contributed by atoms with Crippen LogP contribution in [-0.4, -0.2) is 41.1 Å². The van der Waals surface area contributed by atoms with Gasteiger partial charge in [-0.3, -0.25) is 9.10 Å². The molecule has 0 aromatic heterocycles. The van der Waals surface area contributed by atoms with Gasteiger partial charge in [0.25, 0.3) is 10.0 Å². The van der Waals surface area contributed by atoms with Gasteiger partial charge in [0, 0.05) is 12.1 Å². The van der Waals surface area contributed by atoms with Gasteiger partial charge in [0.05, 0.1) is 24.8 Å². The molecule has 0 heterocycles. The van der Waals surface area contributed by atoms with Crippen LogP contribution in [0, 0.1) is 18.8 Å². The van der Waals surface area contributed by atoms with Gasteiger partial charge in [-0.1, -0.05) is 24.1 Å². The maximum Gasteiger partial charge on any atom is 0.264 e. The summed E-state index contributed by atoms with van der Waals surface area (Å²) in [5.41, 5.74) is 1.21. The molecule has 4 rings (SSSR count). The first-order valence-electron chi connectivity index (χ1n) is 10.9. The number of aryl methyl sites for hydroxylation is 1. The number of benzene rings is 2. The third kappa shape index (κ3) is 4.41. The predicted octanol–water partition coefficient (Wildman–Crippen LogP) is 3.51. The van der Waals surface area contributed by atoms with Crippen LogP contribution in [0.3, 0.4) is 0 Å². The lowest BCUT2D eigenvalue weighted by molar-refractivity contribution is -0.120. The van der Waals surface area contributed by atoms with Gasteiger partial charge < -0.3 is 14.8 Å². The minimum atomic E-state index is -4.03. The maximum absolute atomic E-state index is 13.7. The van der Waals surface area contributed by atoms with Crippen molar-refractivity contribution in [2.75, 3.05) is 25.1 Å². The van der Waals surface area contributed by atoms with E-state index in [1.54, 1.807) is 42.5 Å². The number of rotatable bonds is 8. The molecule has 2 bridgehead atoms. The summed E-state index contributed by atoms with van der Waals surface area (Å²) in [6, 6.07) is 11.6. The maximum atomic E-state index is 13.7. The number of amides is 1. The Morgan fingerprint density at radius 2 is 1.81 bits per heavy atom. The van der Waals surface area contributed by atoms with E-state index in [1.807, 2.05) is 6.92 Å². The first-order chi connectivity index (χ1) is 15.3. The van der Waals surface area contributed by atoms with Crippen LogP contribution >= 0.6 is 0 Å². The molecule has 0 spiro atoms. The topological polar surface area (TPSA) is 84.9 Å². The molecule has 0 aliphatic heterocycles. The number of nitrogens with one attached hydrogen (secondary N) is 1. The zero-order chi connectivity index (χ0) is 22.9. The highest BCUT2D eigenvalue weighted by Gasteiger charge is 2.40. The Bertz CT molecular complexity index is 1080. The lowest BCUT2D eigenvalue weighted by atomic mass is 9.95. The van der Waals surface area contributed by atoms with Crippen molar-refractivity contribution in [1.82, 2.24) is 5.32 Å². The fourth-order valence-corrected chi connectivity index (χ4v) is 6.36. The Morgan fingerprint density at radius 3 is 2.41 bits per heavy atom. The van der Waals surface area contributed by atoms with Crippen molar-refractivity contribution in [3.8, 4) is 11.5 Å². The van der Waals surface area contributed by atoms with E-state index in [0.717, 1.165) is 29.1 Å². The number of carbonyl (C=O) groups excluding carboxylic acids is 1. The zero-order valence-electron chi connectivity index (χ0n) is 18.7. The normalized spacial score (nSPS) is 21.9. The molecule has 2 aliphatic rings. The van der Waals surface area contributed by atoms with Crippen molar-refractivity contribution in [2.45, 2.75) is 43.5 Å². The molecular formula is C24H30N2O5S. The van der Waals surface area contributed by atoms with Gasteiger partial charge in [0.2, 0.25) is 5.91 Å². The monoisotopic (exact) mass is 458 g/mol.